The maximum absolute atomic E-state index is 14.5. The van der Waals surface area contributed by atoms with Crippen LogP contribution in [0, 0.1) is 16.2 Å². The Bertz CT molecular complexity index is 1610. The fourth-order valence-corrected chi connectivity index (χ4v) is 7.72. The number of nitrogens with zero attached hydrogens (tertiary/aromatic N) is 1. The van der Waals surface area contributed by atoms with Gasteiger partial charge in [-0.25, -0.2) is 4.79 Å². The third-order valence-corrected chi connectivity index (χ3v) is 9.52. The van der Waals surface area contributed by atoms with Crippen molar-refractivity contribution in [1.29, 1.82) is 0 Å². The molecule has 40 heavy (non-hydrogen) atoms. The molecule has 10 nitrogen and oxygen atoms in total. The number of carbonyl (C=O) groups excluding carboxylic acids is 4. The summed E-state index contributed by atoms with van der Waals surface area (Å²) in [6, 6.07) is 15.3. The molecule has 3 aromatic rings. The van der Waals surface area contributed by atoms with Gasteiger partial charge in [0.2, 0.25) is 0 Å². The van der Waals surface area contributed by atoms with E-state index in [9.17, 15) is 24.3 Å². The highest BCUT2D eigenvalue weighted by molar-refractivity contribution is 6.07. The number of H-pyrrole nitrogens is 1. The van der Waals surface area contributed by atoms with Crippen LogP contribution in [0.1, 0.15) is 44.0 Å². The van der Waals surface area contributed by atoms with E-state index in [-0.39, 0.29) is 12.0 Å². The van der Waals surface area contributed by atoms with Crippen molar-refractivity contribution in [2.75, 3.05) is 4.90 Å². The second-order valence-corrected chi connectivity index (χ2v) is 12.2. The number of fused-ring (bicyclic) bond motifs is 1. The van der Waals surface area contributed by atoms with E-state index < -0.39 is 70.5 Å². The average Bonchev–Trinajstić information content (AvgIpc) is 3.65. The number of rotatable bonds is 3. The van der Waals surface area contributed by atoms with Gasteiger partial charge in [-0.3, -0.25) is 19.3 Å². The lowest BCUT2D eigenvalue weighted by molar-refractivity contribution is -0.204. The van der Waals surface area contributed by atoms with Crippen molar-refractivity contribution in [1.82, 2.24) is 4.98 Å². The predicted octanol–water partition coefficient (Wildman–Crippen LogP) is 3.09. The fraction of sp³-hybridized carbons (Fsp3) is 0.400. The van der Waals surface area contributed by atoms with Gasteiger partial charge in [-0.2, -0.15) is 0 Å². The van der Waals surface area contributed by atoms with Gasteiger partial charge >= 0.3 is 17.9 Å². The monoisotopic (exact) mass is 544 g/mol. The maximum atomic E-state index is 14.5. The van der Waals surface area contributed by atoms with Gasteiger partial charge in [0.25, 0.3) is 5.91 Å². The molecule has 2 N–H and O–H groups in total. The number of aliphatic hydroxyl groups is 1. The first kappa shape index (κ1) is 24.8. The van der Waals surface area contributed by atoms with E-state index in [2.05, 4.69) is 4.98 Å². The number of esters is 3. The number of anilines is 1. The summed E-state index contributed by atoms with van der Waals surface area (Å²) >= 11 is 0. The average molecular weight is 545 g/mol. The summed E-state index contributed by atoms with van der Waals surface area (Å²) < 4.78 is 17.7. The molecule has 0 radical (unpaired) electrons. The molecular formula is C30H28N2O8. The number of nitrogens with one attached hydrogen (secondary N) is 1. The third kappa shape index (κ3) is 2.72. The molecule has 7 rings (SSSR count). The topological polar surface area (TPSA) is 135 Å². The highest BCUT2D eigenvalue weighted by atomic mass is 16.6. The van der Waals surface area contributed by atoms with E-state index in [1.165, 1.54) is 4.90 Å². The van der Waals surface area contributed by atoms with E-state index in [1.54, 1.807) is 75.5 Å². The maximum Gasteiger partial charge on any atom is 0.338 e. The molecule has 2 aromatic carbocycles. The minimum absolute atomic E-state index is 0.120. The van der Waals surface area contributed by atoms with Crippen LogP contribution in [0.2, 0.25) is 0 Å². The molecule has 1 saturated carbocycles. The fourth-order valence-electron chi connectivity index (χ4n) is 7.72. The van der Waals surface area contributed by atoms with Crippen LogP contribution in [0.15, 0.2) is 60.8 Å². The van der Waals surface area contributed by atoms with Crippen molar-refractivity contribution in [2.24, 2.45) is 16.2 Å². The van der Waals surface area contributed by atoms with Gasteiger partial charge < -0.3 is 24.3 Å². The van der Waals surface area contributed by atoms with Gasteiger partial charge in [-0.1, -0.05) is 39.0 Å². The molecule has 206 valence electrons. The van der Waals surface area contributed by atoms with Crippen LogP contribution in [0.3, 0.4) is 0 Å². The zero-order valence-electron chi connectivity index (χ0n) is 22.2. The Morgan fingerprint density at radius 1 is 1.07 bits per heavy atom. The summed E-state index contributed by atoms with van der Waals surface area (Å²) in [6.07, 6.45) is -2.82. The number of hydrogen-bond acceptors (Lipinski definition) is 8. The first-order valence-corrected chi connectivity index (χ1v) is 13.2. The van der Waals surface area contributed by atoms with E-state index in [1.807, 2.05) is 6.07 Å². The summed E-state index contributed by atoms with van der Waals surface area (Å²) in [6.45, 7) is 5.35. The van der Waals surface area contributed by atoms with Crippen molar-refractivity contribution in [2.45, 2.75) is 57.6 Å². The van der Waals surface area contributed by atoms with E-state index in [4.69, 9.17) is 14.2 Å². The summed E-state index contributed by atoms with van der Waals surface area (Å²) in [4.78, 5) is 59.1. The second-order valence-electron chi connectivity index (χ2n) is 12.2. The Morgan fingerprint density at radius 3 is 2.55 bits per heavy atom. The zero-order valence-corrected chi connectivity index (χ0v) is 22.2. The minimum atomic E-state index is -1.85. The number of benzene rings is 2. The van der Waals surface area contributed by atoms with Crippen LogP contribution < -0.4 is 4.90 Å². The number of amides is 1. The number of hydrogen-bond donors (Lipinski definition) is 2. The van der Waals surface area contributed by atoms with Crippen molar-refractivity contribution in [3.05, 3.63) is 66.4 Å². The molecule has 10 heteroatoms. The quantitative estimate of drug-likeness (QED) is 0.379. The van der Waals surface area contributed by atoms with Crippen molar-refractivity contribution in [3.8, 4) is 0 Å². The molecule has 4 aliphatic rings. The zero-order chi connectivity index (χ0) is 28.2. The normalized spacial score (nSPS) is 34.5. The van der Waals surface area contributed by atoms with Crippen LogP contribution >= 0.6 is 0 Å². The van der Waals surface area contributed by atoms with Gasteiger partial charge in [0.05, 0.1) is 17.6 Å². The SMILES string of the molecule is CC(C)(C)[C@]1(O)C[C@@H]2OC(=O)C[C@@]23C(=O)O[C@@H]2N(c4ccc5[nH]ccc5c4)C(=O)[C@H](OC(=O)c4ccccc4)C213. The molecule has 2 spiro atoms. The summed E-state index contributed by atoms with van der Waals surface area (Å²) in [7, 11) is 0. The lowest BCUT2D eigenvalue weighted by Crippen LogP contribution is -2.66. The number of aromatic nitrogens is 1. The predicted molar refractivity (Wildman–Crippen MR) is 140 cm³/mol. The van der Waals surface area contributed by atoms with Crippen LogP contribution in [0.5, 0.6) is 0 Å². The van der Waals surface area contributed by atoms with E-state index >= 15 is 0 Å². The molecule has 3 saturated heterocycles. The van der Waals surface area contributed by atoms with Gasteiger partial charge in [0, 0.05) is 29.2 Å². The van der Waals surface area contributed by atoms with Crippen LogP contribution in [0.25, 0.3) is 10.9 Å². The molecule has 1 aromatic heterocycles. The molecule has 1 unspecified atom stereocenters. The smallest absolute Gasteiger partial charge is 0.338 e. The first-order chi connectivity index (χ1) is 19.0. The molecule has 4 fully saturated rings. The highest BCUT2D eigenvalue weighted by Gasteiger charge is 2.93. The third-order valence-electron chi connectivity index (χ3n) is 9.52. The lowest BCUT2D eigenvalue weighted by atomic mass is 9.52. The first-order valence-electron chi connectivity index (χ1n) is 13.2. The molecule has 1 aliphatic carbocycles. The second kappa shape index (κ2) is 7.72. The van der Waals surface area contributed by atoms with Crippen molar-refractivity contribution < 1.29 is 38.5 Å². The van der Waals surface area contributed by atoms with Crippen molar-refractivity contribution >= 4 is 40.4 Å². The summed E-state index contributed by atoms with van der Waals surface area (Å²) in [5.41, 5.74) is -4.94. The Morgan fingerprint density at radius 2 is 1.82 bits per heavy atom. The lowest BCUT2D eigenvalue weighted by Gasteiger charge is -2.51. The van der Waals surface area contributed by atoms with Gasteiger partial charge in [0.1, 0.15) is 16.9 Å². The highest BCUT2D eigenvalue weighted by Crippen LogP contribution is 2.76. The minimum Gasteiger partial charge on any atom is -0.461 e. The molecule has 6 atom stereocenters. The molecule has 4 heterocycles. The van der Waals surface area contributed by atoms with E-state index in [0.717, 1.165) is 10.9 Å². The van der Waals surface area contributed by atoms with Gasteiger partial charge in [-0.05, 0) is 41.8 Å². The molecule has 0 bridgehead atoms. The molecular weight excluding hydrogens is 516 g/mol. The number of carbonyl (C=O) groups is 4. The van der Waals surface area contributed by atoms with Gasteiger partial charge in [-0.15, -0.1) is 0 Å². The molecule has 1 amide bonds. The summed E-state index contributed by atoms with van der Waals surface area (Å²) in [5, 5.41) is 13.5. The van der Waals surface area contributed by atoms with Crippen LogP contribution in [-0.4, -0.2) is 57.9 Å². The Hall–Kier alpha value is -4.18. The van der Waals surface area contributed by atoms with Gasteiger partial charge in [0.15, 0.2) is 12.3 Å². The molecule has 3 aliphatic heterocycles. The Labute approximate surface area is 229 Å². The standard InChI is InChI=1S/C30H28N2O8/c1-27(2,3)29(37)14-20-28(15-21(33)38-20)26(36)40-25-30(28,29)22(39-24(35)16-7-5-4-6-8-16)23(34)32(25)18-9-10-19-17(13-18)11-12-31-19/h4-13,20,22,25,31,37H,14-15H2,1-3H3/t20-,22-,25-,28-,29+,30?/m0/s1. The van der Waals surface area contributed by atoms with Crippen molar-refractivity contribution in [3.63, 3.8) is 0 Å². The number of ether oxygens (including phenoxy) is 3. The van der Waals surface area contributed by atoms with Crippen LogP contribution in [-0.2, 0) is 28.6 Å². The largest absolute Gasteiger partial charge is 0.461 e. The van der Waals surface area contributed by atoms with Crippen LogP contribution in [0.4, 0.5) is 5.69 Å². The summed E-state index contributed by atoms with van der Waals surface area (Å²) in [5.74, 6) is -2.84. The Kier molecular flexibility index (Phi) is 4.79. The number of aromatic amines is 1. The van der Waals surface area contributed by atoms with E-state index in [0.29, 0.717) is 5.69 Å². The Balaban J connectivity index is 1.49.